The van der Waals surface area contributed by atoms with E-state index >= 15 is 0 Å². The fourth-order valence-corrected chi connectivity index (χ4v) is 3.01. The predicted molar refractivity (Wildman–Crippen MR) is 92.6 cm³/mol. The van der Waals surface area contributed by atoms with E-state index in [0.29, 0.717) is 30.4 Å². The number of amides is 1. The normalized spacial score (nSPS) is 21.5. The van der Waals surface area contributed by atoms with E-state index < -0.39 is 17.2 Å². The van der Waals surface area contributed by atoms with Crippen LogP contribution in [-0.4, -0.2) is 55.1 Å². The minimum Gasteiger partial charge on any atom is -0.495 e. The summed E-state index contributed by atoms with van der Waals surface area (Å²) in [6, 6.07) is 5.25. The van der Waals surface area contributed by atoms with Gasteiger partial charge in [0.15, 0.2) is 0 Å². The molecule has 134 valence electrons. The number of carbonyl (C=O) groups excluding carboxylic acids is 1. The van der Waals surface area contributed by atoms with Crippen molar-refractivity contribution in [2.75, 3.05) is 33.4 Å². The van der Waals surface area contributed by atoms with Crippen LogP contribution in [0.3, 0.4) is 0 Å². The summed E-state index contributed by atoms with van der Waals surface area (Å²) in [5, 5.41) is 13.9. The molecule has 0 bridgehead atoms. The third kappa shape index (κ3) is 3.77. The van der Waals surface area contributed by atoms with Crippen LogP contribution in [0.15, 0.2) is 18.2 Å². The topological polar surface area (TPSA) is 71.0 Å². The maximum atomic E-state index is 12.7. The highest BCUT2D eigenvalue weighted by Gasteiger charge is 2.44. The van der Waals surface area contributed by atoms with Crippen LogP contribution < -0.4 is 10.1 Å². The molecule has 7 heteroatoms. The summed E-state index contributed by atoms with van der Waals surface area (Å²) < 4.78 is 10.8. The fraction of sp³-hybridized carbons (Fsp3) is 0.588. The number of carbonyl (C=O) groups is 1. The van der Waals surface area contributed by atoms with E-state index in [9.17, 15) is 9.90 Å². The Hall–Kier alpha value is -1.50. The summed E-state index contributed by atoms with van der Waals surface area (Å²) in [6.07, 6.45) is -0.452. The zero-order valence-electron chi connectivity index (χ0n) is 14.6. The van der Waals surface area contributed by atoms with Gasteiger partial charge in [-0.25, -0.2) is 4.79 Å². The molecular formula is C17H25ClN2O4. The van der Waals surface area contributed by atoms with Crippen molar-refractivity contribution in [1.82, 2.24) is 10.2 Å². The van der Waals surface area contributed by atoms with Gasteiger partial charge in [-0.3, -0.25) is 4.90 Å². The lowest BCUT2D eigenvalue weighted by Gasteiger charge is -2.46. The van der Waals surface area contributed by atoms with Crippen molar-refractivity contribution < 1.29 is 19.4 Å². The van der Waals surface area contributed by atoms with Crippen molar-refractivity contribution in [3.63, 3.8) is 0 Å². The number of piperazine rings is 1. The van der Waals surface area contributed by atoms with Crippen LogP contribution in [0.5, 0.6) is 5.75 Å². The minimum absolute atomic E-state index is 0.246. The highest BCUT2D eigenvalue weighted by atomic mass is 35.5. The molecule has 2 rings (SSSR count). The lowest BCUT2D eigenvalue weighted by molar-refractivity contribution is -0.0303. The number of aliphatic hydroxyl groups excluding tert-OH is 1. The molecule has 1 atom stereocenters. The van der Waals surface area contributed by atoms with Gasteiger partial charge in [0.05, 0.1) is 18.7 Å². The van der Waals surface area contributed by atoms with Crippen molar-refractivity contribution in [2.45, 2.75) is 31.9 Å². The van der Waals surface area contributed by atoms with Gasteiger partial charge in [0, 0.05) is 19.6 Å². The number of methoxy groups -OCH3 is 1. The molecule has 6 nitrogen and oxygen atoms in total. The van der Waals surface area contributed by atoms with Crippen molar-refractivity contribution in [1.29, 1.82) is 0 Å². The summed E-state index contributed by atoms with van der Waals surface area (Å²) >= 11 is 6.10. The highest BCUT2D eigenvalue weighted by Crippen LogP contribution is 2.35. The maximum absolute atomic E-state index is 12.7. The number of hydrogen-bond acceptors (Lipinski definition) is 5. The molecule has 0 aliphatic carbocycles. The van der Waals surface area contributed by atoms with E-state index in [1.54, 1.807) is 23.1 Å². The van der Waals surface area contributed by atoms with Gasteiger partial charge < -0.3 is 19.9 Å². The highest BCUT2D eigenvalue weighted by molar-refractivity contribution is 6.32. The number of aliphatic hydroxyl groups is 1. The first-order valence-electron chi connectivity index (χ1n) is 7.90. The Bertz CT molecular complexity index is 603. The zero-order valence-corrected chi connectivity index (χ0v) is 15.3. The molecule has 1 aromatic carbocycles. The lowest BCUT2D eigenvalue weighted by Crippen LogP contribution is -2.63. The first-order valence-corrected chi connectivity index (χ1v) is 8.27. The molecule has 2 N–H and O–H groups in total. The molecule has 0 unspecified atom stereocenters. The van der Waals surface area contributed by atoms with Crippen molar-refractivity contribution in [3.8, 4) is 5.75 Å². The molecule has 1 fully saturated rings. The van der Waals surface area contributed by atoms with Gasteiger partial charge in [-0.1, -0.05) is 17.7 Å². The summed E-state index contributed by atoms with van der Waals surface area (Å²) in [5.41, 5.74) is -0.802. The monoisotopic (exact) mass is 356 g/mol. The molecule has 0 aromatic heterocycles. The number of nitrogens with one attached hydrogen (secondary N) is 1. The summed E-state index contributed by atoms with van der Waals surface area (Å²) in [4.78, 5) is 14.3. The number of benzene rings is 1. The number of ether oxygens (including phenoxy) is 2. The van der Waals surface area contributed by atoms with Crippen molar-refractivity contribution in [2.24, 2.45) is 0 Å². The second-order valence-corrected chi connectivity index (χ2v) is 7.25. The molecule has 24 heavy (non-hydrogen) atoms. The lowest BCUT2D eigenvalue weighted by atomic mass is 9.87. The number of hydrogen-bond donors (Lipinski definition) is 2. The van der Waals surface area contributed by atoms with Gasteiger partial charge in [-0.05, 0) is 38.5 Å². The third-order valence-electron chi connectivity index (χ3n) is 4.01. The summed E-state index contributed by atoms with van der Waals surface area (Å²) in [7, 11) is 1.53. The molecule has 1 aliphatic rings. The van der Waals surface area contributed by atoms with E-state index in [1.165, 1.54) is 7.11 Å². The van der Waals surface area contributed by atoms with Crippen molar-refractivity contribution >= 4 is 17.7 Å². The Morgan fingerprint density at radius 1 is 1.46 bits per heavy atom. The summed E-state index contributed by atoms with van der Waals surface area (Å²) in [5.74, 6) is 0.497. The molecular weight excluding hydrogens is 332 g/mol. The number of rotatable bonds is 3. The average Bonchev–Trinajstić information content (AvgIpc) is 2.53. The van der Waals surface area contributed by atoms with Crippen LogP contribution in [0, 0.1) is 0 Å². The van der Waals surface area contributed by atoms with Crippen LogP contribution in [0.2, 0.25) is 5.02 Å². The van der Waals surface area contributed by atoms with Gasteiger partial charge in [0.1, 0.15) is 16.9 Å². The summed E-state index contributed by atoms with van der Waals surface area (Å²) in [6.45, 7) is 6.68. The van der Waals surface area contributed by atoms with Crippen LogP contribution in [0.25, 0.3) is 0 Å². The van der Waals surface area contributed by atoms with Crippen LogP contribution in [0.1, 0.15) is 26.3 Å². The maximum Gasteiger partial charge on any atom is 0.411 e. The standard InChI is InChI=1S/C17H25ClN2O4/c1-16(2,3)24-15(22)20-8-7-19-10-17(20,11-21)12-5-6-13(18)14(9-12)23-4/h5-6,9,19,21H,7-8,10-11H2,1-4H3/t17-/m1/s1. The minimum atomic E-state index is -0.932. The van der Waals surface area contributed by atoms with Crippen LogP contribution in [-0.2, 0) is 10.3 Å². The van der Waals surface area contributed by atoms with E-state index in [2.05, 4.69) is 5.32 Å². The Labute approximate surface area is 147 Å². The average molecular weight is 357 g/mol. The third-order valence-corrected chi connectivity index (χ3v) is 4.32. The Kier molecular flexibility index (Phi) is 5.63. The zero-order chi connectivity index (χ0) is 18.0. The molecule has 1 amide bonds. The molecule has 0 saturated carbocycles. The molecule has 1 saturated heterocycles. The SMILES string of the molecule is COc1cc([C@]2(CO)CNCCN2C(=O)OC(C)(C)C)ccc1Cl. The molecule has 0 radical (unpaired) electrons. The van der Waals surface area contributed by atoms with Gasteiger partial charge in [0.25, 0.3) is 0 Å². The molecule has 1 aliphatic heterocycles. The van der Waals surface area contributed by atoms with Gasteiger partial charge in [-0.2, -0.15) is 0 Å². The smallest absolute Gasteiger partial charge is 0.411 e. The Morgan fingerprint density at radius 2 is 2.17 bits per heavy atom. The number of nitrogens with zero attached hydrogens (tertiary/aromatic N) is 1. The Morgan fingerprint density at radius 3 is 2.75 bits per heavy atom. The quantitative estimate of drug-likeness (QED) is 0.870. The molecule has 1 heterocycles. The predicted octanol–water partition coefficient (Wildman–Crippen LogP) is 2.38. The Balaban J connectivity index is 2.44. The van der Waals surface area contributed by atoms with E-state index in [1.807, 2.05) is 20.8 Å². The van der Waals surface area contributed by atoms with E-state index in [4.69, 9.17) is 21.1 Å². The van der Waals surface area contributed by atoms with Crippen molar-refractivity contribution in [3.05, 3.63) is 28.8 Å². The van der Waals surface area contributed by atoms with E-state index in [0.717, 1.165) is 5.56 Å². The second kappa shape index (κ2) is 7.17. The molecule has 1 aromatic rings. The fourth-order valence-electron chi connectivity index (χ4n) is 2.82. The van der Waals surface area contributed by atoms with Gasteiger partial charge in [-0.15, -0.1) is 0 Å². The number of halogens is 1. The van der Waals surface area contributed by atoms with Gasteiger partial charge in [0.2, 0.25) is 0 Å². The van der Waals surface area contributed by atoms with Crippen LogP contribution >= 0.6 is 11.6 Å². The molecule has 0 spiro atoms. The largest absolute Gasteiger partial charge is 0.495 e. The van der Waals surface area contributed by atoms with Gasteiger partial charge >= 0.3 is 6.09 Å². The van der Waals surface area contributed by atoms with E-state index in [-0.39, 0.29) is 6.61 Å². The van der Waals surface area contributed by atoms with Crippen LogP contribution in [0.4, 0.5) is 4.79 Å². The first kappa shape index (κ1) is 18.8. The second-order valence-electron chi connectivity index (χ2n) is 6.85. The first-order chi connectivity index (χ1) is 11.2.